The molecule has 0 bridgehead atoms. The molecule has 0 saturated heterocycles. The van der Waals surface area contributed by atoms with Crippen molar-refractivity contribution >= 4 is 27.5 Å². The van der Waals surface area contributed by atoms with Gasteiger partial charge in [-0.2, -0.15) is 10.5 Å². The van der Waals surface area contributed by atoms with Gasteiger partial charge in [0.2, 0.25) is 5.91 Å². The number of amides is 1. The molecule has 1 rings (SSSR count). The Labute approximate surface area is 114 Å². The van der Waals surface area contributed by atoms with E-state index in [1.54, 1.807) is 32.0 Å². The zero-order chi connectivity index (χ0) is 13.8. The predicted molar refractivity (Wildman–Crippen MR) is 71.5 cm³/mol. The fourth-order valence-electron chi connectivity index (χ4n) is 1.27. The number of nitrogens with zero attached hydrogens (tertiary/aromatic N) is 2. The molecule has 0 spiro atoms. The second-order valence-electron chi connectivity index (χ2n) is 4.05. The molecule has 0 aliphatic carbocycles. The number of rotatable bonds is 3. The van der Waals surface area contributed by atoms with Crippen LogP contribution in [0.15, 0.2) is 22.7 Å². The molecule has 1 N–H and O–H groups in total. The van der Waals surface area contributed by atoms with Gasteiger partial charge in [-0.15, -0.1) is 0 Å². The zero-order valence-corrected chi connectivity index (χ0v) is 11.7. The maximum atomic E-state index is 12.0. The van der Waals surface area contributed by atoms with Crippen LogP contribution in [0.4, 0.5) is 5.69 Å². The summed E-state index contributed by atoms with van der Waals surface area (Å²) in [6.45, 7) is 3.35. The van der Waals surface area contributed by atoms with Crippen molar-refractivity contribution in [1.29, 1.82) is 10.5 Å². The van der Waals surface area contributed by atoms with Crippen LogP contribution in [0, 0.1) is 28.1 Å². The number of hydrogen-bond donors (Lipinski definition) is 1. The number of nitriles is 2. The summed E-state index contributed by atoms with van der Waals surface area (Å²) in [6.07, 6.45) is 0.410. The molecule has 5 heteroatoms. The molecule has 1 aromatic carbocycles. The standard InChI is InChI=1S/C13H12BrN3O/c1-3-13(2,8-16)12(18)17-11-5-4-10(14)6-9(11)7-15/h4-6H,3H2,1-2H3,(H,17,18). The van der Waals surface area contributed by atoms with Crippen LogP contribution in [0.2, 0.25) is 0 Å². The maximum Gasteiger partial charge on any atom is 0.244 e. The van der Waals surface area contributed by atoms with E-state index in [4.69, 9.17) is 10.5 Å². The van der Waals surface area contributed by atoms with E-state index in [9.17, 15) is 4.79 Å². The van der Waals surface area contributed by atoms with E-state index < -0.39 is 11.3 Å². The third kappa shape index (κ3) is 2.88. The summed E-state index contributed by atoms with van der Waals surface area (Å²) in [5.74, 6) is -0.397. The minimum Gasteiger partial charge on any atom is -0.324 e. The fourth-order valence-corrected chi connectivity index (χ4v) is 1.63. The Hall–Kier alpha value is -1.85. The third-order valence-corrected chi connectivity index (χ3v) is 3.30. The monoisotopic (exact) mass is 305 g/mol. The van der Waals surface area contributed by atoms with Crippen LogP contribution < -0.4 is 5.32 Å². The molecule has 92 valence electrons. The van der Waals surface area contributed by atoms with Gasteiger partial charge in [0, 0.05) is 4.47 Å². The van der Waals surface area contributed by atoms with Gasteiger partial charge in [-0.3, -0.25) is 4.79 Å². The Morgan fingerprint density at radius 3 is 2.67 bits per heavy atom. The van der Waals surface area contributed by atoms with Crippen LogP contribution in [-0.2, 0) is 4.79 Å². The van der Waals surface area contributed by atoms with E-state index in [0.717, 1.165) is 4.47 Å². The number of nitrogens with one attached hydrogen (secondary N) is 1. The summed E-state index contributed by atoms with van der Waals surface area (Å²) in [6, 6.07) is 8.97. The Morgan fingerprint density at radius 1 is 1.50 bits per heavy atom. The van der Waals surface area contributed by atoms with Gasteiger partial charge >= 0.3 is 0 Å². The lowest BCUT2D eigenvalue weighted by Crippen LogP contribution is -2.31. The van der Waals surface area contributed by atoms with Gasteiger partial charge < -0.3 is 5.32 Å². The first-order valence-corrected chi connectivity index (χ1v) is 6.18. The zero-order valence-electron chi connectivity index (χ0n) is 10.1. The van der Waals surface area contributed by atoms with Gasteiger partial charge in [0.25, 0.3) is 0 Å². The van der Waals surface area contributed by atoms with Crippen LogP contribution in [0.5, 0.6) is 0 Å². The molecule has 1 aromatic rings. The van der Waals surface area contributed by atoms with Gasteiger partial charge in [0.05, 0.1) is 17.3 Å². The number of anilines is 1. The maximum absolute atomic E-state index is 12.0. The van der Waals surface area contributed by atoms with Crippen molar-refractivity contribution in [2.45, 2.75) is 20.3 Å². The average molecular weight is 306 g/mol. The summed E-state index contributed by atoms with van der Waals surface area (Å²) < 4.78 is 0.760. The number of benzene rings is 1. The molecule has 0 heterocycles. The third-order valence-electron chi connectivity index (χ3n) is 2.81. The van der Waals surface area contributed by atoms with Crippen molar-refractivity contribution in [2.24, 2.45) is 5.41 Å². The summed E-state index contributed by atoms with van der Waals surface area (Å²) in [5.41, 5.74) is -0.311. The second-order valence-corrected chi connectivity index (χ2v) is 4.97. The highest BCUT2D eigenvalue weighted by molar-refractivity contribution is 9.10. The molecule has 1 atom stereocenters. The average Bonchev–Trinajstić information content (AvgIpc) is 2.39. The quantitative estimate of drug-likeness (QED) is 0.931. The van der Waals surface area contributed by atoms with Crippen LogP contribution in [-0.4, -0.2) is 5.91 Å². The van der Waals surface area contributed by atoms with Crippen LogP contribution in [0.1, 0.15) is 25.8 Å². The first kappa shape index (κ1) is 14.2. The minimum atomic E-state index is -1.08. The Morgan fingerprint density at radius 2 is 2.17 bits per heavy atom. The molecule has 0 aliphatic rings. The molecular formula is C13H12BrN3O. The largest absolute Gasteiger partial charge is 0.324 e. The predicted octanol–water partition coefficient (Wildman–Crippen LogP) is 3.20. The number of halogens is 1. The molecule has 1 unspecified atom stereocenters. The molecule has 4 nitrogen and oxygen atoms in total. The molecule has 1 amide bonds. The number of carbonyl (C=O) groups excluding carboxylic acids is 1. The van der Waals surface area contributed by atoms with Crippen molar-refractivity contribution in [2.75, 3.05) is 5.32 Å². The van der Waals surface area contributed by atoms with Gasteiger partial charge in [-0.25, -0.2) is 0 Å². The highest BCUT2D eigenvalue weighted by Crippen LogP contribution is 2.25. The lowest BCUT2D eigenvalue weighted by atomic mass is 9.88. The summed E-state index contributed by atoms with van der Waals surface area (Å²) >= 11 is 3.25. The Kier molecular flexibility index (Phi) is 4.47. The minimum absolute atomic E-state index is 0.356. The first-order valence-electron chi connectivity index (χ1n) is 5.39. The van der Waals surface area contributed by atoms with Crippen molar-refractivity contribution in [3.63, 3.8) is 0 Å². The Balaban J connectivity index is 3.04. The van der Waals surface area contributed by atoms with E-state index in [0.29, 0.717) is 17.7 Å². The summed E-state index contributed by atoms with van der Waals surface area (Å²) in [4.78, 5) is 12.0. The first-order chi connectivity index (χ1) is 8.46. The molecule has 0 saturated carbocycles. The van der Waals surface area contributed by atoms with E-state index in [-0.39, 0.29) is 0 Å². The lowest BCUT2D eigenvalue weighted by Gasteiger charge is -2.19. The SMILES string of the molecule is CCC(C)(C#N)C(=O)Nc1ccc(Br)cc1C#N. The van der Waals surface area contributed by atoms with Crippen molar-refractivity contribution in [1.82, 2.24) is 0 Å². The normalized spacial score (nSPS) is 12.9. The van der Waals surface area contributed by atoms with Crippen LogP contribution in [0.3, 0.4) is 0 Å². The van der Waals surface area contributed by atoms with Crippen molar-refractivity contribution in [3.05, 3.63) is 28.2 Å². The molecule has 0 radical (unpaired) electrons. The van der Waals surface area contributed by atoms with E-state index in [1.807, 2.05) is 12.1 Å². The lowest BCUT2D eigenvalue weighted by molar-refractivity contribution is -0.122. The van der Waals surface area contributed by atoms with E-state index >= 15 is 0 Å². The molecular weight excluding hydrogens is 294 g/mol. The van der Waals surface area contributed by atoms with Crippen molar-refractivity contribution in [3.8, 4) is 12.1 Å². The Bertz CT molecular complexity index is 556. The van der Waals surface area contributed by atoms with E-state index in [2.05, 4.69) is 21.2 Å². The second kappa shape index (κ2) is 5.66. The fraction of sp³-hybridized carbons (Fsp3) is 0.308. The van der Waals surface area contributed by atoms with Gasteiger partial charge in [-0.1, -0.05) is 22.9 Å². The van der Waals surface area contributed by atoms with E-state index in [1.165, 1.54) is 0 Å². The molecule has 0 fully saturated rings. The van der Waals surface area contributed by atoms with Crippen molar-refractivity contribution < 1.29 is 4.79 Å². The van der Waals surface area contributed by atoms with Gasteiger partial charge in [-0.05, 0) is 31.5 Å². The van der Waals surface area contributed by atoms with Gasteiger partial charge in [0.15, 0.2) is 0 Å². The highest BCUT2D eigenvalue weighted by atomic mass is 79.9. The topological polar surface area (TPSA) is 76.7 Å². The van der Waals surface area contributed by atoms with Crippen LogP contribution >= 0.6 is 15.9 Å². The van der Waals surface area contributed by atoms with Gasteiger partial charge in [0.1, 0.15) is 11.5 Å². The highest BCUT2D eigenvalue weighted by Gasteiger charge is 2.31. The summed E-state index contributed by atoms with van der Waals surface area (Å²) in [7, 11) is 0. The molecule has 18 heavy (non-hydrogen) atoms. The molecule has 0 aromatic heterocycles. The number of hydrogen-bond acceptors (Lipinski definition) is 3. The molecule has 0 aliphatic heterocycles. The number of carbonyl (C=O) groups is 1. The smallest absolute Gasteiger partial charge is 0.244 e. The van der Waals surface area contributed by atoms with Crippen LogP contribution in [0.25, 0.3) is 0 Å². The summed E-state index contributed by atoms with van der Waals surface area (Å²) in [5, 5.41) is 20.6.